The molecule has 1 aliphatic rings. The van der Waals surface area contributed by atoms with Gasteiger partial charge in [0.05, 0.1) is 19.2 Å². The number of hydrogen-bond acceptors (Lipinski definition) is 4. The molecule has 2 aromatic rings. The molecule has 0 radical (unpaired) electrons. The summed E-state index contributed by atoms with van der Waals surface area (Å²) in [5.41, 5.74) is 3.14. The molecule has 0 spiro atoms. The van der Waals surface area contributed by atoms with E-state index >= 15 is 0 Å². The summed E-state index contributed by atoms with van der Waals surface area (Å²) in [4.78, 5) is 28.5. The van der Waals surface area contributed by atoms with Crippen molar-refractivity contribution in [3.05, 3.63) is 77.9 Å². The molecule has 28 heavy (non-hydrogen) atoms. The third-order valence-corrected chi connectivity index (χ3v) is 5.06. The van der Waals surface area contributed by atoms with E-state index in [1.165, 1.54) is 4.90 Å². The third kappa shape index (κ3) is 4.15. The second-order valence-electron chi connectivity index (χ2n) is 6.92. The van der Waals surface area contributed by atoms with Gasteiger partial charge in [0.25, 0.3) is 0 Å². The van der Waals surface area contributed by atoms with Crippen LogP contribution >= 0.6 is 0 Å². The lowest BCUT2D eigenvalue weighted by Gasteiger charge is -2.42. The highest BCUT2D eigenvalue weighted by atomic mass is 16.5. The first-order valence-corrected chi connectivity index (χ1v) is 9.48. The Hall–Kier alpha value is -2.92. The van der Waals surface area contributed by atoms with Crippen molar-refractivity contribution in [1.29, 1.82) is 0 Å². The van der Waals surface area contributed by atoms with E-state index in [9.17, 15) is 9.59 Å². The average Bonchev–Trinajstić information content (AvgIpc) is 2.71. The van der Waals surface area contributed by atoms with E-state index in [-0.39, 0.29) is 31.1 Å². The maximum Gasteiger partial charge on any atom is 0.330 e. The molecule has 0 saturated carbocycles. The number of amides is 1. The van der Waals surface area contributed by atoms with Crippen LogP contribution in [0.1, 0.15) is 18.1 Å². The van der Waals surface area contributed by atoms with Crippen LogP contribution in [-0.2, 0) is 14.3 Å². The van der Waals surface area contributed by atoms with Crippen molar-refractivity contribution in [3.63, 3.8) is 0 Å². The number of benzene rings is 2. The molecule has 0 aromatic heterocycles. The lowest BCUT2D eigenvalue weighted by molar-refractivity contribution is -0.160. The molecule has 146 valence electrons. The molecule has 1 fully saturated rings. The van der Waals surface area contributed by atoms with Gasteiger partial charge in [-0.25, -0.2) is 4.79 Å². The molecule has 3 rings (SSSR count). The van der Waals surface area contributed by atoms with Crippen molar-refractivity contribution in [1.82, 2.24) is 9.80 Å². The first kappa shape index (κ1) is 19.8. The highest BCUT2D eigenvalue weighted by Gasteiger charge is 2.41. The van der Waals surface area contributed by atoms with E-state index in [2.05, 4.69) is 30.3 Å². The van der Waals surface area contributed by atoms with E-state index < -0.39 is 6.04 Å². The molecule has 0 unspecified atom stereocenters. The zero-order valence-electron chi connectivity index (χ0n) is 16.5. The molecule has 5 heteroatoms. The summed E-state index contributed by atoms with van der Waals surface area (Å²) in [5.74, 6) is -0.474. The number of nitrogens with zero attached hydrogens (tertiary/aromatic N) is 2. The van der Waals surface area contributed by atoms with E-state index in [0.29, 0.717) is 0 Å². The number of carbonyl (C=O) groups excluding carboxylic acids is 2. The summed E-state index contributed by atoms with van der Waals surface area (Å²) in [7, 11) is 3.54. The lowest BCUT2D eigenvalue weighted by Crippen LogP contribution is -2.62. The molecule has 2 atom stereocenters. The van der Waals surface area contributed by atoms with Crippen molar-refractivity contribution in [2.24, 2.45) is 0 Å². The molecule has 1 saturated heterocycles. The molecule has 1 aliphatic heterocycles. The Bertz CT molecular complexity index is 807. The normalized spacial score (nSPS) is 20.0. The first-order chi connectivity index (χ1) is 13.5. The zero-order valence-corrected chi connectivity index (χ0v) is 16.5. The minimum Gasteiger partial charge on any atom is -0.464 e. The average molecular weight is 378 g/mol. The lowest BCUT2D eigenvalue weighted by atomic mass is 9.92. The first-order valence-electron chi connectivity index (χ1n) is 9.48. The molecule has 5 nitrogen and oxygen atoms in total. The van der Waals surface area contributed by atoms with Crippen LogP contribution in [0.25, 0.3) is 5.57 Å². The van der Waals surface area contributed by atoms with Crippen LogP contribution in [0, 0.1) is 0 Å². The van der Waals surface area contributed by atoms with Crippen molar-refractivity contribution in [3.8, 4) is 0 Å². The van der Waals surface area contributed by atoms with Gasteiger partial charge in [-0.3, -0.25) is 9.69 Å². The number of ether oxygens (including phenoxy) is 1. The standard InChI is InChI=1S/C23H26N2O3/c1-4-28-23(27)22-20(24(2)16-21(26)25(22)3)15-19(17-11-7-5-8-12-17)18-13-9-6-10-14-18/h5-15,20,22H,4,16H2,1-3H3/t20-,22+/m1/s1. The molecule has 2 aromatic carbocycles. The fourth-order valence-corrected chi connectivity index (χ4v) is 3.56. The third-order valence-electron chi connectivity index (χ3n) is 5.06. The molecule has 0 bridgehead atoms. The van der Waals surface area contributed by atoms with Crippen LogP contribution in [-0.4, -0.2) is 61.0 Å². The summed E-state index contributed by atoms with van der Waals surface area (Å²) in [6, 6.07) is 19.2. The van der Waals surface area contributed by atoms with Gasteiger partial charge in [-0.15, -0.1) is 0 Å². The van der Waals surface area contributed by atoms with Crippen molar-refractivity contribution in [2.45, 2.75) is 19.0 Å². The van der Waals surface area contributed by atoms with Gasteiger partial charge in [0.15, 0.2) is 0 Å². The summed E-state index contributed by atoms with van der Waals surface area (Å²) < 4.78 is 5.28. The minimum atomic E-state index is -0.686. The van der Waals surface area contributed by atoms with Crippen molar-refractivity contribution >= 4 is 17.4 Å². The van der Waals surface area contributed by atoms with Gasteiger partial charge in [-0.1, -0.05) is 66.7 Å². The van der Waals surface area contributed by atoms with Gasteiger partial charge in [-0.2, -0.15) is 0 Å². The highest BCUT2D eigenvalue weighted by Crippen LogP contribution is 2.27. The number of hydrogen-bond donors (Lipinski definition) is 0. The number of piperazine rings is 1. The Balaban J connectivity index is 2.10. The quantitative estimate of drug-likeness (QED) is 0.751. The second-order valence-corrected chi connectivity index (χ2v) is 6.92. The monoisotopic (exact) mass is 378 g/mol. The van der Waals surface area contributed by atoms with Crippen molar-refractivity contribution in [2.75, 3.05) is 27.2 Å². The zero-order chi connectivity index (χ0) is 20.1. The molecule has 1 heterocycles. The highest BCUT2D eigenvalue weighted by molar-refractivity contribution is 5.89. The van der Waals surface area contributed by atoms with Gasteiger partial charge < -0.3 is 9.64 Å². The molecule has 0 aliphatic carbocycles. The maximum absolute atomic E-state index is 12.7. The minimum absolute atomic E-state index is 0.0915. The Morgan fingerprint density at radius 1 is 1.04 bits per heavy atom. The fourth-order valence-electron chi connectivity index (χ4n) is 3.56. The Labute approximate surface area is 166 Å². The van der Waals surface area contributed by atoms with Crippen LogP contribution in [0.4, 0.5) is 0 Å². The molecule has 1 amide bonds. The van der Waals surface area contributed by atoms with Crippen LogP contribution in [0.3, 0.4) is 0 Å². The van der Waals surface area contributed by atoms with Gasteiger partial charge in [0, 0.05) is 7.05 Å². The smallest absolute Gasteiger partial charge is 0.330 e. The topological polar surface area (TPSA) is 49.9 Å². The fraction of sp³-hybridized carbons (Fsp3) is 0.304. The van der Waals surface area contributed by atoms with Crippen molar-refractivity contribution < 1.29 is 14.3 Å². The molecular formula is C23H26N2O3. The Kier molecular flexibility index (Phi) is 6.26. The van der Waals surface area contributed by atoms with E-state index in [0.717, 1.165) is 16.7 Å². The predicted molar refractivity (Wildman–Crippen MR) is 110 cm³/mol. The van der Waals surface area contributed by atoms with Crippen LogP contribution in [0.15, 0.2) is 66.7 Å². The summed E-state index contributed by atoms with van der Waals surface area (Å²) in [6.45, 7) is 2.31. The van der Waals surface area contributed by atoms with Crippen LogP contribution in [0.2, 0.25) is 0 Å². The van der Waals surface area contributed by atoms with Crippen LogP contribution < -0.4 is 0 Å². The van der Waals surface area contributed by atoms with E-state index in [1.54, 1.807) is 14.0 Å². The number of carbonyl (C=O) groups is 2. The Morgan fingerprint density at radius 3 is 2.07 bits per heavy atom. The number of rotatable bonds is 5. The predicted octanol–water partition coefficient (Wildman–Crippen LogP) is 2.82. The maximum atomic E-state index is 12.7. The van der Waals surface area contributed by atoms with Crippen LogP contribution in [0.5, 0.6) is 0 Å². The molecular weight excluding hydrogens is 352 g/mol. The summed E-state index contributed by atoms with van der Waals surface area (Å²) >= 11 is 0. The van der Waals surface area contributed by atoms with Gasteiger partial charge >= 0.3 is 5.97 Å². The second kappa shape index (κ2) is 8.85. The van der Waals surface area contributed by atoms with E-state index in [4.69, 9.17) is 4.74 Å². The summed E-state index contributed by atoms with van der Waals surface area (Å²) in [6.07, 6.45) is 2.08. The molecule has 0 N–H and O–H groups in total. The SMILES string of the molecule is CCOC(=O)[C@@H]1[C@@H](C=C(c2ccccc2)c2ccccc2)N(C)CC(=O)N1C. The number of likely N-dealkylation sites (N-methyl/N-ethyl adjacent to an activating group) is 2. The Morgan fingerprint density at radius 2 is 1.57 bits per heavy atom. The summed E-state index contributed by atoms with van der Waals surface area (Å²) in [5, 5.41) is 0. The van der Waals surface area contributed by atoms with E-state index in [1.807, 2.05) is 48.3 Å². The number of esters is 1. The largest absolute Gasteiger partial charge is 0.464 e. The van der Waals surface area contributed by atoms with Gasteiger partial charge in [-0.05, 0) is 30.7 Å². The van der Waals surface area contributed by atoms with Gasteiger partial charge in [0.1, 0.15) is 6.04 Å². The van der Waals surface area contributed by atoms with Gasteiger partial charge in [0.2, 0.25) is 5.91 Å².